The molecule has 0 radical (unpaired) electrons. The monoisotopic (exact) mass is 366 g/mol. The zero-order valence-electron chi connectivity index (χ0n) is 11.8. The fraction of sp³-hybridized carbons (Fsp3) is 0.188. The summed E-state index contributed by atoms with van der Waals surface area (Å²) in [4.78, 5) is 12.6. The third kappa shape index (κ3) is 3.39. The minimum atomic E-state index is -0.685. The molecule has 3 nitrogen and oxygen atoms in total. The van der Waals surface area contributed by atoms with Crippen LogP contribution in [0.1, 0.15) is 19.4 Å². The van der Waals surface area contributed by atoms with Crippen molar-refractivity contribution >= 4 is 44.8 Å². The van der Waals surface area contributed by atoms with Gasteiger partial charge in [0.1, 0.15) is 0 Å². The van der Waals surface area contributed by atoms with Crippen LogP contribution in [-0.2, 0) is 10.2 Å². The summed E-state index contributed by atoms with van der Waals surface area (Å²) in [5, 5.41) is 3.46. The number of nitrogens with one attached hydrogen (secondary N) is 1. The first kappa shape index (κ1) is 15.9. The minimum Gasteiger partial charge on any atom is -0.399 e. The molecule has 5 heteroatoms. The Morgan fingerprint density at radius 3 is 2.43 bits per heavy atom. The Labute approximate surface area is 137 Å². The van der Waals surface area contributed by atoms with Crippen LogP contribution in [0.4, 0.5) is 11.4 Å². The fourth-order valence-corrected chi connectivity index (χ4v) is 2.45. The van der Waals surface area contributed by atoms with Crippen molar-refractivity contribution in [1.82, 2.24) is 0 Å². The number of nitrogen functional groups attached to an aromatic ring is 1. The van der Waals surface area contributed by atoms with Gasteiger partial charge in [-0.25, -0.2) is 0 Å². The number of rotatable bonds is 3. The first-order valence-corrected chi connectivity index (χ1v) is 7.61. The van der Waals surface area contributed by atoms with E-state index in [1.807, 2.05) is 26.0 Å². The van der Waals surface area contributed by atoms with E-state index in [0.29, 0.717) is 20.9 Å². The number of amides is 1. The second-order valence-electron chi connectivity index (χ2n) is 5.30. The molecule has 0 atom stereocenters. The van der Waals surface area contributed by atoms with Crippen molar-refractivity contribution in [2.75, 3.05) is 11.1 Å². The molecule has 3 N–H and O–H groups in total. The highest BCUT2D eigenvalue weighted by molar-refractivity contribution is 9.10. The van der Waals surface area contributed by atoms with E-state index in [4.69, 9.17) is 17.3 Å². The lowest BCUT2D eigenvalue weighted by molar-refractivity contribution is -0.120. The first-order chi connectivity index (χ1) is 9.82. The quantitative estimate of drug-likeness (QED) is 0.779. The highest BCUT2D eigenvalue weighted by Crippen LogP contribution is 2.32. The van der Waals surface area contributed by atoms with Crippen LogP contribution in [0.3, 0.4) is 0 Å². The largest absolute Gasteiger partial charge is 0.399 e. The zero-order chi connectivity index (χ0) is 15.6. The van der Waals surface area contributed by atoms with Gasteiger partial charge in [-0.1, -0.05) is 29.8 Å². The molecule has 0 saturated carbocycles. The lowest BCUT2D eigenvalue weighted by atomic mass is 9.83. The van der Waals surface area contributed by atoms with E-state index in [1.165, 1.54) is 0 Å². The van der Waals surface area contributed by atoms with Gasteiger partial charge in [-0.15, -0.1) is 0 Å². The zero-order valence-corrected chi connectivity index (χ0v) is 14.1. The third-order valence-corrected chi connectivity index (χ3v) is 4.80. The van der Waals surface area contributed by atoms with Gasteiger partial charge in [-0.05, 0) is 59.6 Å². The number of benzene rings is 2. The summed E-state index contributed by atoms with van der Waals surface area (Å²) in [6, 6.07) is 12.7. The van der Waals surface area contributed by atoms with Crippen molar-refractivity contribution < 1.29 is 4.79 Å². The summed E-state index contributed by atoms with van der Waals surface area (Å²) in [5.41, 5.74) is 7.22. The van der Waals surface area contributed by atoms with Crippen LogP contribution in [-0.4, -0.2) is 5.91 Å². The van der Waals surface area contributed by atoms with Crippen molar-refractivity contribution in [3.8, 4) is 0 Å². The summed E-state index contributed by atoms with van der Waals surface area (Å²) in [7, 11) is 0. The maximum Gasteiger partial charge on any atom is 0.234 e. The molecule has 0 unspecified atom stereocenters. The Morgan fingerprint density at radius 1 is 1.19 bits per heavy atom. The van der Waals surface area contributed by atoms with Crippen LogP contribution < -0.4 is 11.1 Å². The van der Waals surface area contributed by atoms with Gasteiger partial charge in [0.15, 0.2) is 0 Å². The molecule has 1 amide bonds. The van der Waals surface area contributed by atoms with Crippen LogP contribution in [0.5, 0.6) is 0 Å². The van der Waals surface area contributed by atoms with Gasteiger partial charge >= 0.3 is 0 Å². The maximum atomic E-state index is 12.6. The van der Waals surface area contributed by atoms with Crippen molar-refractivity contribution in [2.24, 2.45) is 0 Å². The molecule has 0 heterocycles. The molecule has 2 aromatic carbocycles. The SMILES string of the molecule is CC(C)(C(=O)Nc1cccc(Cl)c1Br)c1ccc(N)cc1. The number of anilines is 2. The van der Waals surface area contributed by atoms with Gasteiger partial charge in [-0.2, -0.15) is 0 Å². The predicted molar refractivity (Wildman–Crippen MR) is 91.7 cm³/mol. The fourth-order valence-electron chi connectivity index (χ4n) is 1.91. The summed E-state index contributed by atoms with van der Waals surface area (Å²) >= 11 is 9.41. The Balaban J connectivity index is 2.26. The highest BCUT2D eigenvalue weighted by atomic mass is 79.9. The second kappa shape index (κ2) is 6.08. The molecular weight excluding hydrogens is 352 g/mol. The van der Waals surface area contributed by atoms with E-state index in [1.54, 1.807) is 30.3 Å². The molecule has 110 valence electrons. The number of hydrogen-bond acceptors (Lipinski definition) is 2. The first-order valence-electron chi connectivity index (χ1n) is 6.44. The normalized spacial score (nSPS) is 11.2. The number of halogens is 2. The van der Waals surface area contributed by atoms with Gasteiger partial charge in [0.25, 0.3) is 0 Å². The summed E-state index contributed by atoms with van der Waals surface area (Å²) < 4.78 is 0.674. The summed E-state index contributed by atoms with van der Waals surface area (Å²) in [6.07, 6.45) is 0. The van der Waals surface area contributed by atoms with E-state index in [9.17, 15) is 4.79 Å². The molecule has 2 aromatic rings. The molecule has 0 fully saturated rings. The number of hydrogen-bond donors (Lipinski definition) is 2. The van der Waals surface area contributed by atoms with Crippen LogP contribution in [0.15, 0.2) is 46.9 Å². The van der Waals surface area contributed by atoms with E-state index >= 15 is 0 Å². The smallest absolute Gasteiger partial charge is 0.234 e. The molecule has 0 aliphatic carbocycles. The number of carbonyl (C=O) groups is 1. The number of nitrogens with two attached hydrogens (primary N) is 1. The van der Waals surface area contributed by atoms with Gasteiger partial charge in [0.2, 0.25) is 5.91 Å². The predicted octanol–water partition coefficient (Wildman–Crippen LogP) is 4.60. The summed E-state index contributed by atoms with van der Waals surface area (Å²) in [6.45, 7) is 3.73. The van der Waals surface area contributed by atoms with E-state index in [2.05, 4.69) is 21.2 Å². The molecule has 0 aromatic heterocycles. The molecule has 0 aliphatic heterocycles. The molecule has 0 aliphatic rings. The average molecular weight is 368 g/mol. The van der Waals surface area contributed by atoms with Crippen LogP contribution in [0.2, 0.25) is 5.02 Å². The Bertz CT molecular complexity index is 668. The Hall–Kier alpha value is -1.52. The Kier molecular flexibility index (Phi) is 4.59. The molecule has 0 saturated heterocycles. The van der Waals surface area contributed by atoms with E-state index in [0.717, 1.165) is 5.56 Å². The molecule has 2 rings (SSSR count). The van der Waals surface area contributed by atoms with Crippen LogP contribution in [0, 0.1) is 0 Å². The van der Waals surface area contributed by atoms with Gasteiger partial charge in [0.05, 0.1) is 20.6 Å². The summed E-state index contributed by atoms with van der Waals surface area (Å²) in [5.74, 6) is -0.116. The standard InChI is InChI=1S/C16H16BrClN2O/c1-16(2,10-6-8-11(19)9-7-10)15(21)20-13-5-3-4-12(18)14(13)17/h3-9H,19H2,1-2H3,(H,20,21). The maximum absolute atomic E-state index is 12.6. The second-order valence-corrected chi connectivity index (χ2v) is 6.50. The van der Waals surface area contributed by atoms with Crippen molar-refractivity contribution in [3.63, 3.8) is 0 Å². The number of carbonyl (C=O) groups excluding carboxylic acids is 1. The van der Waals surface area contributed by atoms with E-state index in [-0.39, 0.29) is 5.91 Å². The van der Waals surface area contributed by atoms with Crippen LogP contribution >= 0.6 is 27.5 Å². The molecule has 0 bridgehead atoms. The van der Waals surface area contributed by atoms with Gasteiger partial charge in [-0.3, -0.25) is 4.79 Å². The van der Waals surface area contributed by atoms with Crippen molar-refractivity contribution in [2.45, 2.75) is 19.3 Å². The lowest BCUT2D eigenvalue weighted by Gasteiger charge is -2.24. The van der Waals surface area contributed by atoms with Gasteiger partial charge < -0.3 is 11.1 Å². The minimum absolute atomic E-state index is 0.116. The highest BCUT2D eigenvalue weighted by Gasteiger charge is 2.30. The molecule has 0 spiro atoms. The average Bonchev–Trinajstić information content (AvgIpc) is 2.44. The Morgan fingerprint density at radius 2 is 1.81 bits per heavy atom. The van der Waals surface area contributed by atoms with E-state index < -0.39 is 5.41 Å². The molecule has 21 heavy (non-hydrogen) atoms. The van der Waals surface area contributed by atoms with Crippen molar-refractivity contribution in [3.05, 3.63) is 57.5 Å². The van der Waals surface area contributed by atoms with Gasteiger partial charge in [0, 0.05) is 5.69 Å². The third-order valence-electron chi connectivity index (χ3n) is 3.40. The van der Waals surface area contributed by atoms with Crippen LogP contribution in [0.25, 0.3) is 0 Å². The molecular formula is C16H16BrClN2O. The van der Waals surface area contributed by atoms with Crippen molar-refractivity contribution in [1.29, 1.82) is 0 Å². The topological polar surface area (TPSA) is 55.1 Å². The lowest BCUT2D eigenvalue weighted by Crippen LogP contribution is -2.34.